The van der Waals surface area contributed by atoms with E-state index < -0.39 is 0 Å². The standard InChI is InChI=1S/C10H15NO5/c12-9-5-8(7-15-9)16-10(13)6-11-1-3-14-4-2-11/h8H,1-7H2/p+1. The van der Waals surface area contributed by atoms with Crippen LogP contribution in [-0.2, 0) is 23.8 Å². The fourth-order valence-electron chi connectivity index (χ4n) is 1.83. The van der Waals surface area contributed by atoms with Crippen LogP contribution >= 0.6 is 0 Å². The van der Waals surface area contributed by atoms with E-state index in [1.807, 2.05) is 0 Å². The van der Waals surface area contributed by atoms with E-state index in [2.05, 4.69) is 0 Å². The molecule has 2 saturated heterocycles. The summed E-state index contributed by atoms with van der Waals surface area (Å²) in [4.78, 5) is 23.5. The third-order valence-corrected chi connectivity index (χ3v) is 2.72. The Balaban J connectivity index is 1.69. The van der Waals surface area contributed by atoms with Gasteiger partial charge in [-0.1, -0.05) is 0 Å². The number of morpholine rings is 1. The van der Waals surface area contributed by atoms with Crippen LogP contribution in [0, 0.1) is 0 Å². The van der Waals surface area contributed by atoms with Crippen LogP contribution in [0.5, 0.6) is 0 Å². The van der Waals surface area contributed by atoms with Gasteiger partial charge in [-0.25, -0.2) is 4.79 Å². The predicted molar refractivity (Wildman–Crippen MR) is 51.8 cm³/mol. The van der Waals surface area contributed by atoms with Gasteiger partial charge in [-0.15, -0.1) is 0 Å². The summed E-state index contributed by atoms with van der Waals surface area (Å²) in [5, 5.41) is 0. The number of nitrogens with one attached hydrogen (secondary N) is 1. The van der Waals surface area contributed by atoms with Gasteiger partial charge in [0.2, 0.25) is 0 Å². The SMILES string of the molecule is O=C1CC(OC(=O)C[NH+]2CCOCC2)CO1. The van der Waals surface area contributed by atoms with Crippen molar-refractivity contribution in [3.63, 3.8) is 0 Å². The Morgan fingerprint density at radius 3 is 2.81 bits per heavy atom. The summed E-state index contributed by atoms with van der Waals surface area (Å²) in [6.45, 7) is 3.57. The average Bonchev–Trinajstić information content (AvgIpc) is 2.65. The molecular weight excluding hydrogens is 214 g/mol. The molecule has 0 bridgehead atoms. The molecule has 90 valence electrons. The number of carbonyl (C=O) groups excluding carboxylic acids is 2. The Hall–Kier alpha value is -1.14. The predicted octanol–water partition coefficient (Wildman–Crippen LogP) is -2.24. The number of hydrogen-bond acceptors (Lipinski definition) is 5. The second kappa shape index (κ2) is 5.27. The maximum Gasteiger partial charge on any atom is 0.362 e. The molecule has 2 aliphatic rings. The first-order chi connectivity index (χ1) is 7.74. The lowest BCUT2D eigenvalue weighted by Crippen LogP contribution is -3.15. The third kappa shape index (κ3) is 3.18. The number of hydrogen-bond donors (Lipinski definition) is 1. The molecule has 0 aromatic carbocycles. The molecule has 0 aromatic heterocycles. The van der Waals surface area contributed by atoms with E-state index in [1.165, 1.54) is 4.90 Å². The first kappa shape index (κ1) is 11.3. The molecule has 2 aliphatic heterocycles. The first-order valence-electron chi connectivity index (χ1n) is 5.50. The number of esters is 2. The highest BCUT2D eigenvalue weighted by Crippen LogP contribution is 2.09. The minimum atomic E-state index is -0.388. The van der Waals surface area contributed by atoms with Crippen LogP contribution in [0.15, 0.2) is 0 Å². The number of quaternary nitrogens is 1. The quantitative estimate of drug-likeness (QED) is 0.555. The maximum absolute atomic E-state index is 11.5. The highest BCUT2D eigenvalue weighted by Gasteiger charge is 2.28. The van der Waals surface area contributed by atoms with E-state index in [-0.39, 0.29) is 31.1 Å². The van der Waals surface area contributed by atoms with Gasteiger partial charge in [0, 0.05) is 0 Å². The van der Waals surface area contributed by atoms with Gasteiger partial charge in [0.05, 0.1) is 19.6 Å². The summed E-state index contributed by atoms with van der Waals surface area (Å²) in [6, 6.07) is 0. The molecule has 0 aliphatic carbocycles. The second-order valence-electron chi connectivity index (χ2n) is 4.04. The normalized spacial score (nSPS) is 26.5. The molecule has 2 fully saturated rings. The molecule has 1 atom stereocenters. The van der Waals surface area contributed by atoms with Crippen molar-refractivity contribution in [3.8, 4) is 0 Å². The molecule has 16 heavy (non-hydrogen) atoms. The van der Waals surface area contributed by atoms with Gasteiger partial charge < -0.3 is 19.1 Å². The van der Waals surface area contributed by atoms with Crippen molar-refractivity contribution < 1.29 is 28.7 Å². The van der Waals surface area contributed by atoms with Crippen LogP contribution < -0.4 is 4.90 Å². The largest absolute Gasteiger partial charge is 0.462 e. The molecule has 6 heteroatoms. The van der Waals surface area contributed by atoms with E-state index >= 15 is 0 Å². The third-order valence-electron chi connectivity index (χ3n) is 2.72. The molecule has 0 saturated carbocycles. The first-order valence-corrected chi connectivity index (χ1v) is 5.50. The molecular formula is C10H16NO5+. The van der Waals surface area contributed by atoms with Crippen LogP contribution in [0.2, 0.25) is 0 Å². The van der Waals surface area contributed by atoms with Gasteiger partial charge in [0.25, 0.3) is 0 Å². The van der Waals surface area contributed by atoms with E-state index in [0.29, 0.717) is 19.8 Å². The summed E-state index contributed by atoms with van der Waals surface area (Å²) in [5.74, 6) is -0.559. The lowest BCUT2D eigenvalue weighted by Gasteiger charge is -2.23. The van der Waals surface area contributed by atoms with Crippen molar-refractivity contribution in [3.05, 3.63) is 0 Å². The zero-order chi connectivity index (χ0) is 11.4. The number of cyclic esters (lactones) is 1. The Labute approximate surface area is 93.4 Å². The maximum atomic E-state index is 11.5. The van der Waals surface area contributed by atoms with Crippen molar-refractivity contribution in [2.75, 3.05) is 39.5 Å². The van der Waals surface area contributed by atoms with E-state index in [1.54, 1.807) is 0 Å². The van der Waals surface area contributed by atoms with Gasteiger partial charge in [-0.2, -0.15) is 0 Å². The van der Waals surface area contributed by atoms with Crippen LogP contribution in [0.25, 0.3) is 0 Å². The lowest BCUT2D eigenvalue weighted by molar-refractivity contribution is -0.900. The Morgan fingerprint density at radius 1 is 1.44 bits per heavy atom. The van der Waals surface area contributed by atoms with Gasteiger partial charge in [-0.3, -0.25) is 4.79 Å². The summed E-state index contributed by atoms with van der Waals surface area (Å²) < 4.78 is 15.0. The topological polar surface area (TPSA) is 66.3 Å². The summed E-state index contributed by atoms with van der Waals surface area (Å²) in [6.07, 6.45) is -0.204. The number of rotatable bonds is 3. The zero-order valence-corrected chi connectivity index (χ0v) is 9.07. The highest BCUT2D eigenvalue weighted by atomic mass is 16.6. The zero-order valence-electron chi connectivity index (χ0n) is 9.07. The highest BCUT2D eigenvalue weighted by molar-refractivity contribution is 5.74. The minimum Gasteiger partial charge on any atom is -0.462 e. The fraction of sp³-hybridized carbons (Fsp3) is 0.800. The van der Waals surface area contributed by atoms with Crippen molar-refractivity contribution in [2.45, 2.75) is 12.5 Å². The Bertz CT molecular complexity index is 274. The average molecular weight is 230 g/mol. The Morgan fingerprint density at radius 2 is 2.19 bits per heavy atom. The molecule has 2 rings (SSSR count). The molecule has 1 N–H and O–H groups in total. The summed E-state index contributed by atoms with van der Waals surface area (Å²) >= 11 is 0. The fourth-order valence-corrected chi connectivity index (χ4v) is 1.83. The molecule has 0 radical (unpaired) electrons. The molecule has 6 nitrogen and oxygen atoms in total. The molecule has 0 aromatic rings. The van der Waals surface area contributed by atoms with E-state index in [4.69, 9.17) is 14.2 Å². The van der Waals surface area contributed by atoms with E-state index in [0.717, 1.165) is 13.1 Å². The van der Waals surface area contributed by atoms with Gasteiger partial charge in [-0.05, 0) is 0 Å². The monoisotopic (exact) mass is 230 g/mol. The summed E-state index contributed by atoms with van der Waals surface area (Å²) in [5.41, 5.74) is 0. The van der Waals surface area contributed by atoms with Crippen LogP contribution in [-0.4, -0.2) is 57.5 Å². The molecule has 0 spiro atoms. The van der Waals surface area contributed by atoms with E-state index in [9.17, 15) is 9.59 Å². The molecule has 2 heterocycles. The van der Waals surface area contributed by atoms with Crippen molar-refractivity contribution in [1.29, 1.82) is 0 Å². The molecule has 1 unspecified atom stereocenters. The van der Waals surface area contributed by atoms with Crippen molar-refractivity contribution in [1.82, 2.24) is 0 Å². The smallest absolute Gasteiger partial charge is 0.362 e. The van der Waals surface area contributed by atoms with Crippen LogP contribution in [0.4, 0.5) is 0 Å². The Kier molecular flexibility index (Phi) is 3.74. The van der Waals surface area contributed by atoms with Crippen LogP contribution in [0.3, 0.4) is 0 Å². The summed E-state index contributed by atoms with van der Waals surface area (Å²) in [7, 11) is 0. The lowest BCUT2D eigenvalue weighted by atomic mass is 10.3. The van der Waals surface area contributed by atoms with Crippen molar-refractivity contribution >= 4 is 11.9 Å². The molecule has 0 amide bonds. The van der Waals surface area contributed by atoms with Crippen molar-refractivity contribution in [2.24, 2.45) is 0 Å². The van der Waals surface area contributed by atoms with Gasteiger partial charge >= 0.3 is 11.9 Å². The van der Waals surface area contributed by atoms with Crippen LogP contribution in [0.1, 0.15) is 6.42 Å². The van der Waals surface area contributed by atoms with Gasteiger partial charge in [0.15, 0.2) is 6.54 Å². The van der Waals surface area contributed by atoms with Gasteiger partial charge in [0.1, 0.15) is 25.8 Å². The second-order valence-corrected chi connectivity index (χ2v) is 4.04. The minimum absolute atomic E-state index is 0.185. The number of carbonyl (C=O) groups is 2. The number of ether oxygens (including phenoxy) is 3.